The molecule has 2 fully saturated rings. The Labute approximate surface area is 150 Å². The molecule has 0 spiro atoms. The van der Waals surface area contributed by atoms with Gasteiger partial charge >= 0.3 is 0 Å². The van der Waals surface area contributed by atoms with Gasteiger partial charge in [0, 0.05) is 37.8 Å². The number of hydrogen-bond acceptors (Lipinski definition) is 3. The molecule has 136 valence electrons. The van der Waals surface area contributed by atoms with Gasteiger partial charge in [0.2, 0.25) is 5.91 Å². The summed E-state index contributed by atoms with van der Waals surface area (Å²) in [6.07, 6.45) is 3.79. The molecule has 5 heteroatoms. The van der Waals surface area contributed by atoms with E-state index in [1.54, 1.807) is 0 Å². The van der Waals surface area contributed by atoms with Gasteiger partial charge in [-0.25, -0.2) is 0 Å². The Bertz CT molecular complexity index is 584. The van der Waals surface area contributed by atoms with E-state index in [9.17, 15) is 9.59 Å². The molecule has 1 N–H and O–H groups in total. The molecule has 0 aliphatic carbocycles. The molecular weight excluding hydrogens is 314 g/mol. The molecule has 2 aliphatic heterocycles. The van der Waals surface area contributed by atoms with Crippen LogP contribution >= 0.6 is 0 Å². The third-order valence-electron chi connectivity index (χ3n) is 5.30. The van der Waals surface area contributed by atoms with E-state index in [2.05, 4.69) is 17.1 Å². The smallest absolute Gasteiger partial charge is 0.253 e. The van der Waals surface area contributed by atoms with Crippen molar-refractivity contribution in [2.75, 3.05) is 32.7 Å². The van der Waals surface area contributed by atoms with Gasteiger partial charge in [-0.3, -0.25) is 9.59 Å². The molecule has 2 atom stereocenters. The van der Waals surface area contributed by atoms with Crippen molar-refractivity contribution in [1.29, 1.82) is 0 Å². The Morgan fingerprint density at radius 3 is 2.72 bits per heavy atom. The summed E-state index contributed by atoms with van der Waals surface area (Å²) < 4.78 is 0. The minimum absolute atomic E-state index is 0.0441. The first-order chi connectivity index (χ1) is 12.2. The lowest BCUT2D eigenvalue weighted by atomic mass is 9.95. The van der Waals surface area contributed by atoms with Crippen molar-refractivity contribution in [1.82, 2.24) is 15.1 Å². The van der Waals surface area contributed by atoms with E-state index in [-0.39, 0.29) is 17.7 Å². The Hall–Kier alpha value is -1.88. The van der Waals surface area contributed by atoms with Gasteiger partial charge in [-0.1, -0.05) is 25.1 Å². The van der Waals surface area contributed by atoms with Gasteiger partial charge in [0.05, 0.1) is 5.92 Å². The summed E-state index contributed by atoms with van der Waals surface area (Å²) in [5, 5.41) is 3.36. The summed E-state index contributed by atoms with van der Waals surface area (Å²) in [7, 11) is 0. The first kappa shape index (κ1) is 17.9. The highest BCUT2D eigenvalue weighted by Crippen LogP contribution is 2.23. The second-order valence-corrected chi connectivity index (χ2v) is 7.13. The third-order valence-corrected chi connectivity index (χ3v) is 5.30. The van der Waals surface area contributed by atoms with Crippen LogP contribution in [0.2, 0.25) is 0 Å². The molecule has 25 heavy (non-hydrogen) atoms. The summed E-state index contributed by atoms with van der Waals surface area (Å²) in [6, 6.07) is 9.69. The van der Waals surface area contributed by atoms with Crippen LogP contribution in [0.25, 0.3) is 0 Å². The Kier molecular flexibility index (Phi) is 6.08. The van der Waals surface area contributed by atoms with Crippen LogP contribution in [0, 0.1) is 5.92 Å². The largest absolute Gasteiger partial charge is 0.338 e. The van der Waals surface area contributed by atoms with Crippen molar-refractivity contribution in [3.05, 3.63) is 35.9 Å². The van der Waals surface area contributed by atoms with E-state index in [1.807, 2.05) is 35.2 Å². The number of likely N-dealkylation sites (tertiary alicyclic amines) is 1. The van der Waals surface area contributed by atoms with Crippen molar-refractivity contribution in [2.45, 2.75) is 38.6 Å². The molecule has 1 aromatic rings. The monoisotopic (exact) mass is 343 g/mol. The lowest BCUT2D eigenvalue weighted by Crippen LogP contribution is -2.50. The number of benzene rings is 1. The Morgan fingerprint density at radius 2 is 2.04 bits per heavy atom. The third kappa shape index (κ3) is 4.21. The molecule has 0 radical (unpaired) electrons. The van der Waals surface area contributed by atoms with E-state index < -0.39 is 0 Å². The van der Waals surface area contributed by atoms with Crippen LogP contribution in [-0.2, 0) is 4.79 Å². The molecule has 2 unspecified atom stereocenters. The van der Waals surface area contributed by atoms with E-state index in [0.717, 1.165) is 51.9 Å². The standard InChI is InChI=1S/C20H29N3O2/c1-2-12-23(18-10-11-21-14-18)20(25)17-9-6-13-22(15-17)19(24)16-7-4-3-5-8-16/h3-5,7-8,17-18,21H,2,6,9-15H2,1H3. The normalized spacial score (nSPS) is 23.5. The number of nitrogens with one attached hydrogen (secondary N) is 1. The SMILES string of the molecule is CCCN(C(=O)C1CCCN(C(=O)c2ccccc2)C1)C1CCNC1. The number of rotatable bonds is 5. The van der Waals surface area contributed by atoms with Gasteiger partial charge in [-0.15, -0.1) is 0 Å². The van der Waals surface area contributed by atoms with Crippen molar-refractivity contribution in [2.24, 2.45) is 5.92 Å². The molecule has 0 bridgehead atoms. The minimum atomic E-state index is -0.0615. The van der Waals surface area contributed by atoms with E-state index in [0.29, 0.717) is 18.2 Å². The van der Waals surface area contributed by atoms with Crippen LogP contribution in [0.1, 0.15) is 43.0 Å². The predicted octanol–water partition coefficient (Wildman–Crippen LogP) is 2.14. The maximum atomic E-state index is 13.1. The highest BCUT2D eigenvalue weighted by molar-refractivity contribution is 5.94. The van der Waals surface area contributed by atoms with E-state index in [4.69, 9.17) is 0 Å². The average Bonchev–Trinajstić information content (AvgIpc) is 3.20. The highest BCUT2D eigenvalue weighted by Gasteiger charge is 2.34. The summed E-state index contributed by atoms with van der Waals surface area (Å²) in [6.45, 7) is 6.11. The number of nitrogens with zero attached hydrogens (tertiary/aromatic N) is 2. The highest BCUT2D eigenvalue weighted by atomic mass is 16.2. The van der Waals surface area contributed by atoms with Gasteiger partial charge in [-0.05, 0) is 44.4 Å². The molecule has 2 saturated heterocycles. The fourth-order valence-corrected chi connectivity index (χ4v) is 3.98. The fraction of sp³-hybridized carbons (Fsp3) is 0.600. The second-order valence-electron chi connectivity index (χ2n) is 7.13. The summed E-state index contributed by atoms with van der Waals surface area (Å²) in [4.78, 5) is 29.8. The van der Waals surface area contributed by atoms with Gasteiger partial charge in [0.25, 0.3) is 5.91 Å². The zero-order chi connectivity index (χ0) is 17.6. The first-order valence-corrected chi connectivity index (χ1v) is 9.56. The van der Waals surface area contributed by atoms with Crippen LogP contribution in [0.3, 0.4) is 0 Å². The predicted molar refractivity (Wildman–Crippen MR) is 98.3 cm³/mol. The number of carbonyl (C=O) groups is 2. The maximum absolute atomic E-state index is 13.1. The molecule has 1 aromatic carbocycles. The number of carbonyl (C=O) groups excluding carboxylic acids is 2. The van der Waals surface area contributed by atoms with Crippen LogP contribution in [0.15, 0.2) is 30.3 Å². The average molecular weight is 343 g/mol. The van der Waals surface area contributed by atoms with Crippen LogP contribution in [0.4, 0.5) is 0 Å². The number of hydrogen-bond donors (Lipinski definition) is 1. The minimum Gasteiger partial charge on any atom is -0.338 e. The van der Waals surface area contributed by atoms with Crippen LogP contribution in [-0.4, -0.2) is 60.4 Å². The van der Waals surface area contributed by atoms with Crippen LogP contribution in [0.5, 0.6) is 0 Å². The van der Waals surface area contributed by atoms with Gasteiger partial charge in [-0.2, -0.15) is 0 Å². The molecular formula is C20H29N3O2. The lowest BCUT2D eigenvalue weighted by molar-refractivity contribution is -0.139. The molecule has 0 saturated carbocycles. The Balaban J connectivity index is 1.67. The summed E-state index contributed by atoms with van der Waals surface area (Å²) in [5.74, 6) is 0.220. The summed E-state index contributed by atoms with van der Waals surface area (Å²) in [5.41, 5.74) is 0.709. The molecule has 3 rings (SSSR count). The molecule has 2 amide bonds. The van der Waals surface area contributed by atoms with Gasteiger partial charge in [0.1, 0.15) is 0 Å². The topological polar surface area (TPSA) is 52.7 Å². The van der Waals surface area contributed by atoms with Crippen molar-refractivity contribution >= 4 is 11.8 Å². The van der Waals surface area contributed by atoms with Crippen molar-refractivity contribution in [3.63, 3.8) is 0 Å². The quantitative estimate of drug-likeness (QED) is 0.891. The maximum Gasteiger partial charge on any atom is 0.253 e. The zero-order valence-corrected chi connectivity index (χ0v) is 15.1. The molecule has 0 aromatic heterocycles. The molecule has 5 nitrogen and oxygen atoms in total. The Morgan fingerprint density at radius 1 is 1.24 bits per heavy atom. The van der Waals surface area contributed by atoms with Gasteiger partial charge in [0.15, 0.2) is 0 Å². The number of piperidine rings is 1. The summed E-state index contributed by atoms with van der Waals surface area (Å²) >= 11 is 0. The fourth-order valence-electron chi connectivity index (χ4n) is 3.98. The second kappa shape index (κ2) is 8.48. The van der Waals surface area contributed by atoms with Gasteiger partial charge < -0.3 is 15.1 Å². The van der Waals surface area contributed by atoms with E-state index in [1.165, 1.54) is 0 Å². The van der Waals surface area contributed by atoms with Crippen LogP contribution < -0.4 is 5.32 Å². The molecule has 2 aliphatic rings. The van der Waals surface area contributed by atoms with Crippen molar-refractivity contribution in [3.8, 4) is 0 Å². The lowest BCUT2D eigenvalue weighted by Gasteiger charge is -2.37. The van der Waals surface area contributed by atoms with E-state index >= 15 is 0 Å². The first-order valence-electron chi connectivity index (χ1n) is 9.56. The number of amides is 2. The van der Waals surface area contributed by atoms with Crippen molar-refractivity contribution < 1.29 is 9.59 Å². The zero-order valence-electron chi connectivity index (χ0n) is 15.1. The molecule has 2 heterocycles.